The molecule has 0 aliphatic heterocycles. The molecule has 2 aliphatic carbocycles. The normalized spacial score (nSPS) is 19.0. The second-order valence-corrected chi connectivity index (χ2v) is 8.48. The highest BCUT2D eigenvalue weighted by molar-refractivity contribution is 6.00. The number of urea groups is 1. The summed E-state index contributed by atoms with van der Waals surface area (Å²) >= 11 is 0. The highest BCUT2D eigenvalue weighted by atomic mass is 19.4. The number of hydrogen-bond acceptors (Lipinski definition) is 4. The number of anilines is 2. The summed E-state index contributed by atoms with van der Waals surface area (Å²) in [4.78, 5) is 24.4. The number of alkyl halides is 3. The van der Waals surface area contributed by atoms with E-state index in [4.69, 9.17) is 4.74 Å². The van der Waals surface area contributed by atoms with E-state index in [9.17, 15) is 31.5 Å². The molecule has 2 aromatic carbocycles. The predicted octanol–water partition coefficient (Wildman–Crippen LogP) is 6.53. The molecule has 0 unspecified atom stereocenters. The molecule has 2 aromatic rings. The fourth-order valence-electron chi connectivity index (χ4n) is 3.42. The summed E-state index contributed by atoms with van der Waals surface area (Å²) in [6.07, 6.45) is 4.96. The molecule has 0 radical (unpaired) electrons. The Kier molecular flexibility index (Phi) is 7.99. The van der Waals surface area contributed by atoms with E-state index in [1.54, 1.807) is 18.2 Å². The van der Waals surface area contributed by atoms with Crippen LogP contribution in [0.3, 0.4) is 0 Å². The number of halogens is 5. The molecule has 7 nitrogen and oxygen atoms in total. The molecule has 4 rings (SSSR count). The largest absolute Gasteiger partial charge is 0.573 e. The molecule has 1 saturated carbocycles. The number of ether oxygens (including phenoxy) is 2. The van der Waals surface area contributed by atoms with Gasteiger partial charge in [0.15, 0.2) is 11.6 Å². The van der Waals surface area contributed by atoms with Crippen molar-refractivity contribution in [3.8, 4) is 11.5 Å². The average molecular weight is 535 g/mol. The van der Waals surface area contributed by atoms with Gasteiger partial charge in [0.25, 0.3) is 0 Å². The number of allylic oxidation sites excluding steroid dienone is 5. The van der Waals surface area contributed by atoms with Gasteiger partial charge in [0.1, 0.15) is 17.3 Å². The van der Waals surface area contributed by atoms with Crippen molar-refractivity contribution in [1.29, 1.82) is 0 Å². The van der Waals surface area contributed by atoms with Gasteiger partial charge in [-0.05, 0) is 56.0 Å². The number of carbonyl (C=O) groups excluding carboxylic acids is 2. The summed E-state index contributed by atoms with van der Waals surface area (Å²) in [6.45, 7) is 0. The minimum Gasteiger partial charge on any atom is -0.457 e. The van der Waals surface area contributed by atoms with Gasteiger partial charge in [-0.3, -0.25) is 4.79 Å². The molecule has 0 aromatic heterocycles. The highest BCUT2D eigenvalue weighted by Crippen LogP contribution is 2.30. The molecule has 0 saturated heterocycles. The lowest BCUT2D eigenvalue weighted by Crippen LogP contribution is -2.24. The number of hydrogen-bond donors (Lipinski definition) is 3. The van der Waals surface area contributed by atoms with Crippen LogP contribution in [0.1, 0.15) is 25.7 Å². The van der Waals surface area contributed by atoms with Crippen molar-refractivity contribution < 1.29 is 41.0 Å². The van der Waals surface area contributed by atoms with E-state index < -0.39 is 29.8 Å². The summed E-state index contributed by atoms with van der Waals surface area (Å²) < 4.78 is 74.7. The second kappa shape index (κ2) is 11.4. The van der Waals surface area contributed by atoms with Crippen molar-refractivity contribution in [1.82, 2.24) is 5.32 Å². The van der Waals surface area contributed by atoms with Gasteiger partial charge in [-0.25, -0.2) is 13.6 Å². The SMILES string of the molecule is O=C(Nc1ccc(F)c(OC(F)(F)F)c1)Nc1ccc(OC2=C/C=C\CC/C(NC(=O)C3CC3)=C\2)cc1F. The zero-order chi connectivity index (χ0) is 27.3. The molecule has 0 spiro atoms. The zero-order valence-corrected chi connectivity index (χ0v) is 19.7. The van der Waals surface area contributed by atoms with Crippen molar-refractivity contribution in [2.75, 3.05) is 10.6 Å². The van der Waals surface area contributed by atoms with Crippen LogP contribution in [0, 0.1) is 17.6 Å². The fourth-order valence-corrected chi connectivity index (χ4v) is 3.42. The van der Waals surface area contributed by atoms with E-state index >= 15 is 0 Å². The van der Waals surface area contributed by atoms with E-state index in [0.29, 0.717) is 30.0 Å². The summed E-state index contributed by atoms with van der Waals surface area (Å²) in [7, 11) is 0. The molecule has 1 fully saturated rings. The Morgan fingerprint density at radius 1 is 0.947 bits per heavy atom. The maximum absolute atomic E-state index is 14.7. The zero-order valence-electron chi connectivity index (χ0n) is 19.7. The van der Waals surface area contributed by atoms with Crippen LogP contribution in [0.2, 0.25) is 0 Å². The third kappa shape index (κ3) is 7.82. The van der Waals surface area contributed by atoms with Gasteiger partial charge < -0.3 is 25.4 Å². The van der Waals surface area contributed by atoms with Gasteiger partial charge >= 0.3 is 12.4 Å². The van der Waals surface area contributed by atoms with Crippen molar-refractivity contribution >= 4 is 23.3 Å². The average Bonchev–Trinajstić information content (AvgIpc) is 3.65. The van der Waals surface area contributed by atoms with E-state index in [1.165, 1.54) is 12.1 Å². The van der Waals surface area contributed by atoms with Gasteiger partial charge in [0.2, 0.25) is 5.91 Å². The molecular formula is C26H22F5N3O4. The van der Waals surface area contributed by atoms with Gasteiger partial charge in [0.05, 0.1) is 5.69 Å². The van der Waals surface area contributed by atoms with Gasteiger partial charge in [-0.15, -0.1) is 13.2 Å². The Labute approximate surface area is 214 Å². The maximum atomic E-state index is 14.7. The number of benzene rings is 2. The first-order valence-electron chi connectivity index (χ1n) is 11.5. The Morgan fingerprint density at radius 2 is 1.74 bits per heavy atom. The van der Waals surface area contributed by atoms with E-state index in [0.717, 1.165) is 31.4 Å². The first kappa shape index (κ1) is 26.7. The second-order valence-electron chi connectivity index (χ2n) is 8.48. The third-order valence-corrected chi connectivity index (χ3v) is 5.36. The topological polar surface area (TPSA) is 88.7 Å². The summed E-state index contributed by atoms with van der Waals surface area (Å²) in [5, 5.41) is 7.29. The van der Waals surface area contributed by atoms with E-state index in [1.807, 2.05) is 6.08 Å². The molecule has 3 N–H and O–H groups in total. The number of rotatable bonds is 7. The molecule has 38 heavy (non-hydrogen) atoms. The lowest BCUT2D eigenvalue weighted by Gasteiger charge is -2.14. The smallest absolute Gasteiger partial charge is 0.457 e. The van der Waals surface area contributed by atoms with Crippen LogP contribution in [-0.4, -0.2) is 18.3 Å². The molecule has 200 valence electrons. The van der Waals surface area contributed by atoms with Crippen LogP contribution in [0.25, 0.3) is 0 Å². The van der Waals surface area contributed by atoms with Gasteiger partial charge in [-0.2, -0.15) is 0 Å². The number of carbonyl (C=O) groups is 2. The van der Waals surface area contributed by atoms with Crippen molar-refractivity contribution in [2.24, 2.45) is 5.92 Å². The molecule has 12 heteroatoms. The van der Waals surface area contributed by atoms with E-state index in [2.05, 4.69) is 20.7 Å². The van der Waals surface area contributed by atoms with Gasteiger partial charge in [-0.1, -0.05) is 12.2 Å². The van der Waals surface area contributed by atoms with Crippen molar-refractivity contribution in [2.45, 2.75) is 32.0 Å². The summed E-state index contributed by atoms with van der Waals surface area (Å²) in [5.41, 5.74) is 0.213. The van der Waals surface area contributed by atoms with Crippen LogP contribution in [0.15, 0.2) is 72.2 Å². The lowest BCUT2D eigenvalue weighted by atomic mass is 10.1. The predicted molar refractivity (Wildman–Crippen MR) is 128 cm³/mol. The highest BCUT2D eigenvalue weighted by Gasteiger charge is 2.32. The number of amides is 3. The maximum Gasteiger partial charge on any atom is 0.573 e. The summed E-state index contributed by atoms with van der Waals surface area (Å²) in [5.74, 6) is -2.79. The quantitative estimate of drug-likeness (QED) is 0.352. The van der Waals surface area contributed by atoms with E-state index in [-0.39, 0.29) is 28.9 Å². The molecule has 0 bridgehead atoms. The Balaban J connectivity index is 1.39. The molecule has 0 heterocycles. The lowest BCUT2D eigenvalue weighted by molar-refractivity contribution is -0.275. The summed E-state index contributed by atoms with van der Waals surface area (Å²) in [6, 6.07) is 4.99. The minimum atomic E-state index is -5.13. The molecule has 0 atom stereocenters. The monoisotopic (exact) mass is 535 g/mol. The first-order chi connectivity index (χ1) is 18.1. The molecular weight excluding hydrogens is 513 g/mol. The number of nitrogens with one attached hydrogen (secondary N) is 3. The van der Waals surface area contributed by atoms with Crippen molar-refractivity contribution in [3.05, 3.63) is 83.8 Å². The van der Waals surface area contributed by atoms with Crippen LogP contribution >= 0.6 is 0 Å². The molecule has 3 amide bonds. The van der Waals surface area contributed by atoms with Crippen LogP contribution < -0.4 is 25.4 Å². The van der Waals surface area contributed by atoms with Crippen LogP contribution in [-0.2, 0) is 4.79 Å². The Bertz CT molecular complexity index is 1320. The minimum absolute atomic E-state index is 0.0369. The molecule has 2 aliphatic rings. The Hall–Kier alpha value is -4.35. The third-order valence-electron chi connectivity index (χ3n) is 5.36. The first-order valence-corrected chi connectivity index (χ1v) is 11.5. The van der Waals surface area contributed by atoms with Crippen LogP contribution in [0.5, 0.6) is 11.5 Å². The van der Waals surface area contributed by atoms with Gasteiger partial charge in [0, 0.05) is 35.5 Å². The van der Waals surface area contributed by atoms with Crippen LogP contribution in [0.4, 0.5) is 38.1 Å². The Morgan fingerprint density at radius 3 is 2.45 bits per heavy atom. The van der Waals surface area contributed by atoms with Crippen molar-refractivity contribution in [3.63, 3.8) is 0 Å². The fraction of sp³-hybridized carbons (Fsp3) is 0.231. The standard InChI is InChI=1S/C26H22F5N3O4/c27-20-10-8-17(13-23(20)38-26(29,30)31)33-25(36)34-22-11-9-19(14-21(22)28)37-18-5-3-1-2-4-16(12-18)32-24(35)15-6-7-15/h1,3,5,8-15H,2,4,6-7H2,(H,32,35)(H2,33,34,36)/b3-1-,16-12+,18-5+.